The van der Waals surface area contributed by atoms with Crippen LogP contribution >= 0.6 is 0 Å². The van der Waals surface area contributed by atoms with Crippen LogP contribution < -0.4 is 9.96 Å². The average molecular weight is 258 g/mol. The molecule has 2 aromatic rings. The van der Waals surface area contributed by atoms with Gasteiger partial charge < -0.3 is 9.94 Å². The van der Waals surface area contributed by atoms with Crippen LogP contribution in [0.4, 0.5) is 11.4 Å². The Morgan fingerprint density at radius 1 is 1.11 bits per heavy atom. The summed E-state index contributed by atoms with van der Waals surface area (Å²) in [5.41, 5.74) is 1.92. The van der Waals surface area contributed by atoms with E-state index in [9.17, 15) is 5.21 Å². The molecule has 5 nitrogen and oxygen atoms in total. The molecule has 0 heterocycles. The molecule has 0 saturated heterocycles. The third-order valence-corrected chi connectivity index (χ3v) is 2.59. The van der Waals surface area contributed by atoms with E-state index < -0.39 is 5.23 Å². The zero-order valence-electron chi connectivity index (χ0n) is 10.4. The molecule has 2 N–H and O–H groups in total. The zero-order chi connectivity index (χ0) is 13.7. The molecule has 19 heavy (non-hydrogen) atoms. The van der Waals surface area contributed by atoms with E-state index in [2.05, 4.69) is 4.99 Å². The highest BCUT2D eigenvalue weighted by Gasteiger charge is 1.98. The number of rotatable bonds is 4. The first kappa shape index (κ1) is 13.2. The number of methoxy groups -OCH3 is 1. The summed E-state index contributed by atoms with van der Waals surface area (Å²) in [5, 5.41) is 18.6. The smallest absolute Gasteiger partial charge is 0.163 e. The maximum absolute atomic E-state index is 10.7. The van der Waals surface area contributed by atoms with E-state index in [0.29, 0.717) is 0 Å². The standard InChI is InChI=1S/C14H14N2O3/c1-19-14-8-4-12(5-9-14)15-10-11-2-6-13(7-3-11)16(17)18/h2-10,16-17H,1H3. The first-order valence-electron chi connectivity index (χ1n) is 5.70. The van der Waals surface area contributed by atoms with Gasteiger partial charge in [-0.1, -0.05) is 0 Å². The van der Waals surface area contributed by atoms with Crippen LogP contribution in [0.2, 0.25) is 0 Å². The Labute approximate surface area is 110 Å². The number of hydrogen-bond donors (Lipinski definition) is 2. The molecule has 0 bridgehead atoms. The first-order chi connectivity index (χ1) is 9.19. The SMILES string of the molecule is COc1ccc(N=Cc2ccc([NH+]([O-])O)cc2)cc1. The number of aliphatic imine (C=N–C) groups is 1. The van der Waals surface area contributed by atoms with Gasteiger partial charge in [-0.2, -0.15) is 5.23 Å². The van der Waals surface area contributed by atoms with E-state index in [1.807, 2.05) is 24.3 Å². The lowest BCUT2D eigenvalue weighted by atomic mass is 10.2. The van der Waals surface area contributed by atoms with Gasteiger partial charge in [0.2, 0.25) is 0 Å². The highest BCUT2D eigenvalue weighted by Crippen LogP contribution is 2.17. The van der Waals surface area contributed by atoms with Crippen molar-refractivity contribution in [3.63, 3.8) is 0 Å². The molecule has 0 amide bonds. The molecule has 0 radical (unpaired) electrons. The Hall–Kier alpha value is -2.21. The van der Waals surface area contributed by atoms with Crippen LogP contribution in [0.1, 0.15) is 5.56 Å². The minimum atomic E-state index is -0.932. The van der Waals surface area contributed by atoms with Crippen molar-refractivity contribution in [2.24, 2.45) is 4.99 Å². The molecule has 0 aliphatic carbocycles. The van der Waals surface area contributed by atoms with Crippen LogP contribution in [-0.2, 0) is 0 Å². The van der Waals surface area contributed by atoms with E-state index in [4.69, 9.17) is 9.94 Å². The second-order valence-corrected chi connectivity index (χ2v) is 3.88. The summed E-state index contributed by atoms with van der Waals surface area (Å²) in [6.07, 6.45) is 1.69. The normalized spacial score (nSPS) is 12.6. The van der Waals surface area contributed by atoms with E-state index in [-0.39, 0.29) is 5.69 Å². The van der Waals surface area contributed by atoms with Crippen LogP contribution in [0.25, 0.3) is 0 Å². The van der Waals surface area contributed by atoms with Crippen molar-refractivity contribution in [1.82, 2.24) is 0 Å². The fourth-order valence-corrected chi connectivity index (χ4v) is 1.53. The second kappa shape index (κ2) is 6.10. The van der Waals surface area contributed by atoms with Crippen molar-refractivity contribution >= 4 is 17.6 Å². The van der Waals surface area contributed by atoms with Gasteiger partial charge in [0.25, 0.3) is 0 Å². The first-order valence-corrected chi connectivity index (χ1v) is 5.70. The minimum absolute atomic E-state index is 0.265. The van der Waals surface area contributed by atoms with E-state index in [0.717, 1.165) is 17.0 Å². The Morgan fingerprint density at radius 2 is 1.74 bits per heavy atom. The summed E-state index contributed by atoms with van der Waals surface area (Å²) in [6.45, 7) is 0. The average Bonchev–Trinajstić information content (AvgIpc) is 2.46. The zero-order valence-corrected chi connectivity index (χ0v) is 10.4. The monoisotopic (exact) mass is 258 g/mol. The van der Waals surface area contributed by atoms with Crippen molar-refractivity contribution in [2.45, 2.75) is 0 Å². The van der Waals surface area contributed by atoms with E-state index in [1.54, 1.807) is 37.6 Å². The van der Waals surface area contributed by atoms with Gasteiger partial charge in [0, 0.05) is 18.3 Å². The lowest BCUT2D eigenvalue weighted by molar-refractivity contribution is -0.991. The van der Waals surface area contributed by atoms with Crippen LogP contribution in [0.15, 0.2) is 53.5 Å². The maximum atomic E-state index is 10.7. The molecule has 0 aliphatic rings. The summed E-state index contributed by atoms with van der Waals surface area (Å²) >= 11 is 0. The predicted octanol–water partition coefficient (Wildman–Crippen LogP) is 1.85. The molecule has 0 saturated carbocycles. The van der Waals surface area contributed by atoms with Gasteiger partial charge in [-0.05, 0) is 42.0 Å². The largest absolute Gasteiger partial charge is 0.595 e. The fraction of sp³-hybridized carbons (Fsp3) is 0.0714. The molecule has 2 aromatic carbocycles. The molecular formula is C14H14N2O3. The lowest BCUT2D eigenvalue weighted by Crippen LogP contribution is -2.99. The third-order valence-electron chi connectivity index (χ3n) is 2.59. The number of hydrogen-bond acceptors (Lipinski definition) is 4. The van der Waals surface area contributed by atoms with Gasteiger partial charge in [0.05, 0.1) is 12.8 Å². The van der Waals surface area contributed by atoms with Crippen LogP contribution in [0, 0.1) is 5.21 Å². The highest BCUT2D eigenvalue weighted by molar-refractivity contribution is 5.82. The molecule has 1 unspecified atom stereocenters. The van der Waals surface area contributed by atoms with E-state index >= 15 is 0 Å². The molecule has 0 fully saturated rings. The number of ether oxygens (including phenoxy) is 1. The fourth-order valence-electron chi connectivity index (χ4n) is 1.53. The predicted molar refractivity (Wildman–Crippen MR) is 72.5 cm³/mol. The molecule has 2 rings (SSSR count). The summed E-state index contributed by atoms with van der Waals surface area (Å²) < 4.78 is 5.06. The summed E-state index contributed by atoms with van der Waals surface area (Å²) in [4.78, 5) is 4.30. The van der Waals surface area contributed by atoms with Gasteiger partial charge in [-0.25, -0.2) is 5.21 Å². The quantitative estimate of drug-likeness (QED) is 0.649. The van der Waals surface area contributed by atoms with Crippen LogP contribution in [-0.4, -0.2) is 18.5 Å². The van der Waals surface area contributed by atoms with Crippen molar-refractivity contribution in [1.29, 1.82) is 0 Å². The lowest BCUT2D eigenvalue weighted by Gasteiger charge is -2.10. The summed E-state index contributed by atoms with van der Waals surface area (Å²) in [6, 6.07) is 13.9. The molecular weight excluding hydrogens is 244 g/mol. The Balaban J connectivity index is 2.08. The molecule has 1 atom stereocenters. The third kappa shape index (κ3) is 3.62. The van der Waals surface area contributed by atoms with Gasteiger partial charge in [-0.3, -0.25) is 4.99 Å². The Bertz CT molecular complexity index is 548. The molecule has 5 heteroatoms. The van der Waals surface area contributed by atoms with Crippen molar-refractivity contribution in [3.05, 3.63) is 59.3 Å². The van der Waals surface area contributed by atoms with Gasteiger partial charge in [-0.15, -0.1) is 0 Å². The maximum Gasteiger partial charge on any atom is 0.163 e. The minimum Gasteiger partial charge on any atom is -0.595 e. The number of nitrogens with zero attached hydrogens (tertiary/aromatic N) is 1. The molecule has 98 valence electrons. The topological polar surface area (TPSA) is 69.3 Å². The number of nitrogens with one attached hydrogen (secondary N) is 1. The Morgan fingerprint density at radius 3 is 2.26 bits per heavy atom. The molecule has 0 spiro atoms. The highest BCUT2D eigenvalue weighted by atomic mass is 16.8. The molecule has 0 aromatic heterocycles. The van der Waals surface area contributed by atoms with Gasteiger partial charge in [0.15, 0.2) is 5.69 Å². The van der Waals surface area contributed by atoms with Crippen LogP contribution in [0.5, 0.6) is 5.75 Å². The van der Waals surface area contributed by atoms with Gasteiger partial charge in [0.1, 0.15) is 5.75 Å². The van der Waals surface area contributed by atoms with Crippen molar-refractivity contribution < 1.29 is 15.2 Å². The van der Waals surface area contributed by atoms with Crippen molar-refractivity contribution in [3.8, 4) is 5.75 Å². The Kier molecular flexibility index (Phi) is 4.25. The summed E-state index contributed by atoms with van der Waals surface area (Å²) in [5.74, 6) is 0.782. The number of benzene rings is 2. The van der Waals surface area contributed by atoms with Crippen molar-refractivity contribution in [2.75, 3.05) is 7.11 Å². The summed E-state index contributed by atoms with van der Waals surface area (Å²) in [7, 11) is 1.61. The molecule has 0 aliphatic heterocycles. The van der Waals surface area contributed by atoms with Crippen LogP contribution in [0.3, 0.4) is 0 Å². The second-order valence-electron chi connectivity index (χ2n) is 3.88. The van der Waals surface area contributed by atoms with E-state index in [1.165, 1.54) is 0 Å². The number of quaternary nitrogens is 1. The van der Waals surface area contributed by atoms with Gasteiger partial charge >= 0.3 is 0 Å².